The predicted octanol–water partition coefficient (Wildman–Crippen LogP) is -0.717. The molecule has 2 aromatic carbocycles. The fraction of sp³-hybridized carbons (Fsp3) is 0.391. The Morgan fingerprint density at radius 3 is 2.03 bits per heavy atom. The molecule has 0 saturated carbocycles. The van der Waals surface area contributed by atoms with Gasteiger partial charge in [-0.1, -0.05) is 12.1 Å². The number of hydrogen-bond acceptors (Lipinski definition) is 4. The molecule has 7 heteroatoms. The Balaban J connectivity index is 1.27. The van der Waals surface area contributed by atoms with Crippen molar-refractivity contribution in [1.29, 1.82) is 0 Å². The van der Waals surface area contributed by atoms with Gasteiger partial charge in [-0.2, -0.15) is 0 Å². The number of rotatable bonds is 7. The van der Waals surface area contributed by atoms with Crippen molar-refractivity contribution >= 4 is 11.8 Å². The maximum atomic E-state index is 12.5. The van der Waals surface area contributed by atoms with Crippen LogP contribution in [-0.2, 0) is 6.54 Å². The van der Waals surface area contributed by atoms with Gasteiger partial charge in [0.15, 0.2) is 11.5 Å². The summed E-state index contributed by atoms with van der Waals surface area (Å²) in [5.74, 6) is 1.19. The standard InChI is InChI=1S/C23H27N3O4/c1-29-20-8-7-17(15-21(20)30-2)16-25-11-9-24(10-12-25)13-14-26-22(27)18-5-3-4-6-19(18)23(26)28/h3-8,15H,9-14,16H2,1-2H3/p+2. The molecule has 0 bridgehead atoms. The van der Waals surface area contributed by atoms with E-state index in [1.54, 1.807) is 38.5 Å². The number of quaternary nitrogens is 2. The van der Waals surface area contributed by atoms with E-state index < -0.39 is 0 Å². The summed E-state index contributed by atoms with van der Waals surface area (Å²) in [5.41, 5.74) is 2.29. The van der Waals surface area contributed by atoms with Crippen LogP contribution in [0.5, 0.6) is 11.5 Å². The number of hydrogen-bond donors (Lipinski definition) is 2. The van der Waals surface area contributed by atoms with Gasteiger partial charge < -0.3 is 19.3 Å². The lowest BCUT2D eigenvalue weighted by molar-refractivity contribution is -1.02. The Hall–Kier alpha value is -2.90. The van der Waals surface area contributed by atoms with Crippen LogP contribution in [0.3, 0.4) is 0 Å². The molecule has 1 saturated heterocycles. The quantitative estimate of drug-likeness (QED) is 0.591. The molecule has 0 aromatic heterocycles. The molecule has 2 aromatic rings. The van der Waals surface area contributed by atoms with Crippen LogP contribution in [0.2, 0.25) is 0 Å². The second kappa shape index (κ2) is 8.85. The van der Waals surface area contributed by atoms with Crippen LogP contribution >= 0.6 is 0 Å². The van der Waals surface area contributed by atoms with Crippen LogP contribution < -0.4 is 19.3 Å². The molecular weight excluding hydrogens is 382 g/mol. The van der Waals surface area contributed by atoms with Crippen molar-refractivity contribution in [2.75, 3.05) is 53.5 Å². The monoisotopic (exact) mass is 411 g/mol. The van der Waals surface area contributed by atoms with E-state index in [-0.39, 0.29) is 11.8 Å². The molecular formula is C23H29N3O4+2. The Morgan fingerprint density at radius 2 is 1.43 bits per heavy atom. The molecule has 2 aliphatic rings. The fourth-order valence-corrected chi connectivity index (χ4v) is 4.38. The number of fused-ring (bicyclic) bond motifs is 1. The molecule has 7 nitrogen and oxygen atoms in total. The molecule has 2 amide bonds. The topological polar surface area (TPSA) is 64.7 Å². The minimum Gasteiger partial charge on any atom is -0.493 e. The van der Waals surface area contributed by atoms with Gasteiger partial charge in [-0.05, 0) is 30.3 Å². The number of nitrogens with zero attached hydrogens (tertiary/aromatic N) is 1. The fourth-order valence-electron chi connectivity index (χ4n) is 4.38. The van der Waals surface area contributed by atoms with Crippen molar-refractivity contribution in [1.82, 2.24) is 4.90 Å². The molecule has 2 aliphatic heterocycles. The van der Waals surface area contributed by atoms with Crippen molar-refractivity contribution in [2.24, 2.45) is 0 Å². The van der Waals surface area contributed by atoms with Crippen molar-refractivity contribution in [3.05, 3.63) is 59.2 Å². The van der Waals surface area contributed by atoms with Crippen LogP contribution in [0.1, 0.15) is 26.3 Å². The summed E-state index contributed by atoms with van der Waals surface area (Å²) in [6.07, 6.45) is 0. The maximum absolute atomic E-state index is 12.5. The van der Waals surface area contributed by atoms with Crippen LogP contribution in [0, 0.1) is 0 Å². The first-order valence-corrected chi connectivity index (χ1v) is 10.4. The third-order valence-corrected chi connectivity index (χ3v) is 6.13. The Labute approximate surface area is 176 Å². The van der Waals surface area contributed by atoms with Gasteiger partial charge in [0.2, 0.25) is 0 Å². The largest absolute Gasteiger partial charge is 0.493 e. The number of ether oxygens (including phenoxy) is 2. The molecule has 1 fully saturated rings. The van der Waals surface area contributed by atoms with Gasteiger partial charge in [-0.3, -0.25) is 14.5 Å². The van der Waals surface area contributed by atoms with E-state index in [0.29, 0.717) is 17.7 Å². The van der Waals surface area contributed by atoms with Gasteiger partial charge in [-0.15, -0.1) is 0 Å². The van der Waals surface area contributed by atoms with Gasteiger partial charge in [0.05, 0.1) is 38.4 Å². The molecule has 0 spiro atoms. The Bertz CT molecular complexity index is 903. The van der Waals surface area contributed by atoms with E-state index in [2.05, 4.69) is 6.07 Å². The number of amides is 2. The van der Waals surface area contributed by atoms with E-state index in [1.807, 2.05) is 12.1 Å². The molecule has 0 unspecified atom stereocenters. The van der Waals surface area contributed by atoms with Crippen molar-refractivity contribution in [3.63, 3.8) is 0 Å². The van der Waals surface area contributed by atoms with E-state index in [9.17, 15) is 9.59 Å². The first kappa shape index (κ1) is 20.4. The number of carbonyl (C=O) groups is 2. The lowest BCUT2D eigenvalue weighted by Crippen LogP contribution is -3.27. The van der Waals surface area contributed by atoms with Crippen molar-refractivity contribution in [2.45, 2.75) is 6.54 Å². The number of imide groups is 1. The normalized spacial score (nSPS) is 20.9. The molecule has 0 aliphatic carbocycles. The summed E-state index contributed by atoms with van der Waals surface area (Å²) in [6, 6.07) is 13.2. The van der Waals surface area contributed by atoms with E-state index >= 15 is 0 Å². The van der Waals surface area contributed by atoms with Gasteiger partial charge >= 0.3 is 0 Å². The summed E-state index contributed by atoms with van der Waals surface area (Å²) < 4.78 is 10.7. The molecule has 0 atom stereocenters. The highest BCUT2D eigenvalue weighted by Crippen LogP contribution is 2.27. The number of methoxy groups -OCH3 is 2. The van der Waals surface area contributed by atoms with Crippen molar-refractivity contribution in [3.8, 4) is 11.5 Å². The van der Waals surface area contributed by atoms with Gasteiger partial charge in [0.25, 0.3) is 11.8 Å². The summed E-state index contributed by atoms with van der Waals surface area (Å²) in [4.78, 5) is 29.4. The highest BCUT2D eigenvalue weighted by atomic mass is 16.5. The van der Waals surface area contributed by atoms with Gasteiger partial charge in [-0.25, -0.2) is 0 Å². The van der Waals surface area contributed by atoms with Crippen LogP contribution in [0.4, 0.5) is 0 Å². The third kappa shape index (κ3) is 4.04. The van der Waals surface area contributed by atoms with E-state index in [1.165, 1.54) is 20.3 Å². The lowest BCUT2D eigenvalue weighted by Gasteiger charge is -2.30. The zero-order valence-electron chi connectivity index (χ0n) is 17.6. The van der Waals surface area contributed by atoms with E-state index in [0.717, 1.165) is 50.8 Å². The number of carbonyl (C=O) groups excluding carboxylic acids is 2. The molecule has 30 heavy (non-hydrogen) atoms. The van der Waals surface area contributed by atoms with E-state index in [4.69, 9.17) is 9.47 Å². The Morgan fingerprint density at radius 1 is 0.833 bits per heavy atom. The summed E-state index contributed by atoms with van der Waals surface area (Å²) >= 11 is 0. The second-order valence-electron chi connectivity index (χ2n) is 7.92. The van der Waals surface area contributed by atoms with Crippen LogP contribution in [-0.4, -0.2) is 70.2 Å². The average molecular weight is 412 g/mol. The maximum Gasteiger partial charge on any atom is 0.261 e. The van der Waals surface area contributed by atoms with Gasteiger partial charge in [0.1, 0.15) is 32.7 Å². The number of benzene rings is 2. The predicted molar refractivity (Wildman–Crippen MR) is 111 cm³/mol. The first-order valence-electron chi connectivity index (χ1n) is 10.4. The van der Waals surface area contributed by atoms with Crippen LogP contribution in [0.25, 0.3) is 0 Å². The lowest BCUT2D eigenvalue weighted by atomic mass is 10.1. The number of nitrogens with one attached hydrogen (secondary N) is 2. The minimum atomic E-state index is -0.160. The molecule has 0 radical (unpaired) electrons. The minimum absolute atomic E-state index is 0.160. The van der Waals surface area contributed by atoms with Gasteiger partial charge in [0, 0.05) is 5.56 Å². The summed E-state index contributed by atoms with van der Waals surface area (Å²) in [5, 5.41) is 0. The molecule has 158 valence electrons. The zero-order valence-corrected chi connectivity index (χ0v) is 17.6. The SMILES string of the molecule is COc1ccc(C[NH+]2CC[NH+](CCN3C(=O)c4ccccc4C3=O)CC2)cc1OC. The smallest absolute Gasteiger partial charge is 0.261 e. The second-order valence-corrected chi connectivity index (χ2v) is 7.92. The molecule has 2 heterocycles. The first-order chi connectivity index (χ1) is 14.6. The molecule has 4 rings (SSSR count). The highest BCUT2D eigenvalue weighted by molar-refractivity contribution is 6.21. The molecule has 2 N–H and O–H groups in total. The summed E-state index contributed by atoms with van der Waals surface area (Å²) in [7, 11) is 3.30. The van der Waals surface area contributed by atoms with Crippen molar-refractivity contribution < 1.29 is 28.9 Å². The Kier molecular flexibility index (Phi) is 6.01. The highest BCUT2D eigenvalue weighted by Gasteiger charge is 2.36. The average Bonchev–Trinajstić information content (AvgIpc) is 3.03. The third-order valence-electron chi connectivity index (χ3n) is 6.13. The zero-order chi connectivity index (χ0) is 21.1. The van der Waals surface area contributed by atoms with Crippen LogP contribution in [0.15, 0.2) is 42.5 Å². The number of piperazine rings is 1. The summed E-state index contributed by atoms with van der Waals surface area (Å²) in [6.45, 7) is 6.42.